The number of hydrogen-bond acceptors (Lipinski definition) is 5. The third-order valence-electron chi connectivity index (χ3n) is 7.33. The van der Waals surface area contributed by atoms with Gasteiger partial charge < -0.3 is 20.3 Å². The molecule has 1 aliphatic heterocycles. The molecule has 182 valence electrons. The molecule has 7 heteroatoms. The Kier molecular flexibility index (Phi) is 6.69. The molecule has 1 aliphatic carbocycles. The predicted molar refractivity (Wildman–Crippen MR) is 135 cm³/mol. The summed E-state index contributed by atoms with van der Waals surface area (Å²) in [7, 11) is 0. The molecule has 0 bridgehead atoms. The fourth-order valence-corrected chi connectivity index (χ4v) is 5.70. The summed E-state index contributed by atoms with van der Waals surface area (Å²) in [5.74, 6) is 0.602. The topological polar surface area (TPSA) is 82.0 Å². The number of benzene rings is 3. The van der Waals surface area contributed by atoms with E-state index in [-0.39, 0.29) is 18.3 Å². The molecule has 3 aromatic rings. The number of likely N-dealkylation sites (tertiary alicyclic amines) is 1. The third-order valence-corrected chi connectivity index (χ3v) is 7.56. The van der Waals surface area contributed by atoms with Crippen LogP contribution in [0.15, 0.2) is 72.8 Å². The van der Waals surface area contributed by atoms with E-state index in [9.17, 15) is 15.0 Å². The summed E-state index contributed by atoms with van der Waals surface area (Å²) in [4.78, 5) is 15.0. The van der Waals surface area contributed by atoms with Crippen LogP contribution >= 0.6 is 11.6 Å². The van der Waals surface area contributed by atoms with E-state index in [0.717, 1.165) is 42.6 Å². The number of rotatable bonds is 6. The lowest BCUT2D eigenvalue weighted by Gasteiger charge is -2.43. The van der Waals surface area contributed by atoms with E-state index in [2.05, 4.69) is 16.3 Å². The lowest BCUT2D eigenvalue weighted by atomic mass is 9.72. The molecule has 6 nitrogen and oxygen atoms in total. The monoisotopic (exact) mass is 492 g/mol. The summed E-state index contributed by atoms with van der Waals surface area (Å²) in [6.07, 6.45) is 0.765. The second-order valence-electron chi connectivity index (χ2n) is 9.38. The maximum atomic E-state index is 12.7. The number of aromatic hydroxyl groups is 1. The number of aliphatic hydroxyl groups excluding tert-OH is 1. The van der Waals surface area contributed by atoms with Gasteiger partial charge in [0, 0.05) is 22.5 Å². The normalized spacial score (nSPS) is 21.0. The van der Waals surface area contributed by atoms with E-state index in [0.29, 0.717) is 17.3 Å². The fourth-order valence-electron chi connectivity index (χ4n) is 5.50. The van der Waals surface area contributed by atoms with Crippen LogP contribution in [0.25, 0.3) is 0 Å². The molecular weight excluding hydrogens is 464 g/mol. The fraction of sp³-hybridized carbons (Fsp3) is 0.321. The van der Waals surface area contributed by atoms with Crippen molar-refractivity contribution in [1.29, 1.82) is 0 Å². The number of phenolic OH excluding ortho intramolecular Hbond substituents is 1. The highest BCUT2D eigenvalue weighted by Gasteiger charge is 2.52. The average molecular weight is 493 g/mol. The van der Waals surface area contributed by atoms with Gasteiger partial charge in [0.1, 0.15) is 11.5 Å². The van der Waals surface area contributed by atoms with Gasteiger partial charge in [-0.1, -0.05) is 54.1 Å². The van der Waals surface area contributed by atoms with Gasteiger partial charge in [-0.2, -0.15) is 0 Å². The largest absolute Gasteiger partial charge is 0.508 e. The Morgan fingerprint density at radius 1 is 1.06 bits per heavy atom. The molecule has 1 spiro atoms. The number of hydrogen-bond donors (Lipinski definition) is 3. The Morgan fingerprint density at radius 3 is 2.54 bits per heavy atom. The highest BCUT2D eigenvalue weighted by molar-refractivity contribution is 6.30. The summed E-state index contributed by atoms with van der Waals surface area (Å²) < 4.78 is 5.60. The number of aliphatic hydroxyl groups is 1. The number of halogens is 1. The van der Waals surface area contributed by atoms with Crippen LogP contribution in [-0.4, -0.2) is 46.8 Å². The summed E-state index contributed by atoms with van der Waals surface area (Å²) in [6.45, 7) is 2.00. The van der Waals surface area contributed by atoms with Crippen LogP contribution in [0.1, 0.15) is 35.6 Å². The molecule has 1 amide bonds. The summed E-state index contributed by atoms with van der Waals surface area (Å²) in [5.41, 5.74) is 2.44. The van der Waals surface area contributed by atoms with Crippen LogP contribution in [0, 0.1) is 0 Å². The van der Waals surface area contributed by atoms with Crippen molar-refractivity contribution in [2.75, 3.05) is 19.7 Å². The molecule has 2 aliphatic rings. The zero-order chi connectivity index (χ0) is 24.4. The van der Waals surface area contributed by atoms with Crippen molar-refractivity contribution in [3.63, 3.8) is 0 Å². The van der Waals surface area contributed by atoms with E-state index >= 15 is 0 Å². The minimum Gasteiger partial charge on any atom is -0.508 e. The van der Waals surface area contributed by atoms with Crippen LogP contribution in [0.3, 0.4) is 0 Å². The minimum absolute atomic E-state index is 0.112. The zero-order valence-corrected chi connectivity index (χ0v) is 20.1. The molecule has 1 saturated heterocycles. The lowest BCUT2D eigenvalue weighted by Crippen LogP contribution is -2.49. The van der Waals surface area contributed by atoms with Gasteiger partial charge in [0.25, 0.3) is 5.91 Å². The van der Waals surface area contributed by atoms with E-state index in [4.69, 9.17) is 16.3 Å². The highest BCUT2D eigenvalue weighted by atomic mass is 35.5. The molecule has 0 aromatic heterocycles. The second-order valence-corrected chi connectivity index (χ2v) is 9.82. The molecule has 3 aromatic carbocycles. The van der Waals surface area contributed by atoms with E-state index in [1.54, 1.807) is 30.3 Å². The van der Waals surface area contributed by atoms with Crippen molar-refractivity contribution in [2.45, 2.75) is 36.9 Å². The first kappa shape index (κ1) is 23.7. The molecule has 1 fully saturated rings. The number of para-hydroxylation sites is 1. The first-order valence-electron chi connectivity index (χ1n) is 11.9. The Hall–Kier alpha value is -3.06. The van der Waals surface area contributed by atoms with Crippen molar-refractivity contribution in [1.82, 2.24) is 10.2 Å². The number of carbonyl (C=O) groups is 1. The predicted octanol–water partition coefficient (Wildman–Crippen LogP) is 4.19. The first-order valence-corrected chi connectivity index (χ1v) is 12.3. The zero-order valence-electron chi connectivity index (χ0n) is 19.4. The molecule has 2 atom stereocenters. The van der Waals surface area contributed by atoms with Crippen LogP contribution in [0.5, 0.6) is 11.5 Å². The number of phenols is 1. The maximum Gasteiger partial charge on any atom is 0.258 e. The van der Waals surface area contributed by atoms with Gasteiger partial charge in [-0.25, -0.2) is 0 Å². The van der Waals surface area contributed by atoms with E-state index in [1.165, 1.54) is 0 Å². The van der Waals surface area contributed by atoms with Crippen molar-refractivity contribution >= 4 is 17.5 Å². The smallest absolute Gasteiger partial charge is 0.258 e. The number of carbonyl (C=O) groups excluding carboxylic acids is 1. The molecule has 3 N–H and O–H groups in total. The number of ether oxygens (including phenoxy) is 1. The number of piperidine rings is 1. The van der Waals surface area contributed by atoms with Gasteiger partial charge in [0.15, 0.2) is 6.61 Å². The van der Waals surface area contributed by atoms with Gasteiger partial charge in [-0.05, 0) is 67.4 Å². The summed E-state index contributed by atoms with van der Waals surface area (Å²) in [6, 6.07) is 21.8. The van der Waals surface area contributed by atoms with E-state index < -0.39 is 17.6 Å². The Morgan fingerprint density at radius 2 is 1.77 bits per heavy atom. The van der Waals surface area contributed by atoms with Gasteiger partial charge in [-0.3, -0.25) is 9.69 Å². The molecule has 0 saturated carbocycles. The Bertz CT molecular complexity index is 1190. The molecule has 0 unspecified atom stereocenters. The van der Waals surface area contributed by atoms with Crippen molar-refractivity contribution in [3.05, 3.63) is 94.5 Å². The van der Waals surface area contributed by atoms with Crippen LogP contribution < -0.4 is 10.1 Å². The summed E-state index contributed by atoms with van der Waals surface area (Å²) in [5, 5.41) is 25.4. The van der Waals surface area contributed by atoms with Crippen molar-refractivity contribution in [2.24, 2.45) is 0 Å². The number of amides is 1. The SMILES string of the molecule is O=C(COc1ccccc1)N[C@@H]1c2ccccc2C2(CCN(Cc3cc(Cl)ccc3O)CC2)[C@H]1O. The number of nitrogens with zero attached hydrogens (tertiary/aromatic N) is 1. The maximum absolute atomic E-state index is 12.7. The van der Waals surface area contributed by atoms with E-state index in [1.807, 2.05) is 36.4 Å². The van der Waals surface area contributed by atoms with Gasteiger partial charge in [0.05, 0.1) is 12.1 Å². The Labute approximate surface area is 210 Å². The number of nitrogens with one attached hydrogen (secondary N) is 1. The number of fused-ring (bicyclic) bond motifs is 2. The summed E-state index contributed by atoms with van der Waals surface area (Å²) >= 11 is 6.12. The molecule has 5 rings (SSSR count). The molecular formula is C28H29ClN2O4. The van der Waals surface area contributed by atoms with Crippen molar-refractivity contribution < 1.29 is 19.7 Å². The van der Waals surface area contributed by atoms with Gasteiger partial charge in [-0.15, -0.1) is 0 Å². The quantitative estimate of drug-likeness (QED) is 0.480. The lowest BCUT2D eigenvalue weighted by molar-refractivity contribution is -0.125. The average Bonchev–Trinajstić information content (AvgIpc) is 3.10. The second kappa shape index (κ2) is 9.90. The van der Waals surface area contributed by atoms with Gasteiger partial charge in [0.2, 0.25) is 0 Å². The van der Waals surface area contributed by atoms with Crippen LogP contribution in [0.2, 0.25) is 5.02 Å². The molecule has 0 radical (unpaired) electrons. The molecule has 35 heavy (non-hydrogen) atoms. The Balaban J connectivity index is 1.28. The van der Waals surface area contributed by atoms with Crippen LogP contribution in [-0.2, 0) is 16.8 Å². The standard InChI is InChI=1S/C28H29ClN2O4/c29-20-10-11-24(32)19(16-20)17-31-14-12-28(13-15-31)23-9-5-4-8-22(23)26(27(28)34)30-25(33)18-35-21-6-2-1-3-7-21/h1-11,16,26-27,32,34H,12-15,17-18H2,(H,30,33)/t26-,27+/m1/s1. The van der Waals surface area contributed by atoms with Crippen molar-refractivity contribution in [3.8, 4) is 11.5 Å². The third kappa shape index (κ3) is 4.74. The molecule has 1 heterocycles. The van der Waals surface area contributed by atoms with Crippen LogP contribution in [0.4, 0.5) is 0 Å². The highest BCUT2D eigenvalue weighted by Crippen LogP contribution is 2.51. The minimum atomic E-state index is -0.734. The first-order chi connectivity index (χ1) is 17.0. The van der Waals surface area contributed by atoms with Gasteiger partial charge >= 0.3 is 0 Å².